The van der Waals surface area contributed by atoms with Crippen LogP contribution in [0.1, 0.15) is 13.8 Å². The Balaban J connectivity index is 2.10. The number of halogens is 1. The second-order valence-corrected chi connectivity index (χ2v) is 6.92. The van der Waals surface area contributed by atoms with E-state index in [1.165, 1.54) is 24.3 Å². The van der Waals surface area contributed by atoms with Crippen LogP contribution in [-0.2, 0) is 9.59 Å². The summed E-state index contributed by atoms with van der Waals surface area (Å²) in [7, 11) is 0. The molecule has 0 bridgehead atoms. The molecular weight excluding hydrogens is 343 g/mol. The lowest BCUT2D eigenvalue weighted by atomic mass is 9.72. The van der Waals surface area contributed by atoms with Crippen molar-refractivity contribution in [3.05, 3.63) is 40.7 Å². The number of carbonyl (C=O) groups is 2. The van der Waals surface area contributed by atoms with Crippen LogP contribution >= 0.6 is 11.8 Å². The van der Waals surface area contributed by atoms with Gasteiger partial charge in [-0.25, -0.2) is 4.39 Å². The van der Waals surface area contributed by atoms with Gasteiger partial charge in [-0.1, -0.05) is 25.6 Å². The second kappa shape index (κ2) is 7.37. The molecule has 0 unspecified atom stereocenters. The highest BCUT2D eigenvalue weighted by atomic mass is 32.2. The summed E-state index contributed by atoms with van der Waals surface area (Å²) in [5.74, 6) is -2.29. The van der Waals surface area contributed by atoms with E-state index >= 15 is 0 Å². The third-order valence-corrected chi connectivity index (χ3v) is 4.81. The van der Waals surface area contributed by atoms with Gasteiger partial charge in [0.15, 0.2) is 0 Å². The average Bonchev–Trinajstić information content (AvgIpc) is 2.54. The van der Waals surface area contributed by atoms with E-state index in [9.17, 15) is 19.2 Å². The molecule has 0 spiro atoms. The number of amides is 2. The average molecular weight is 358 g/mol. The van der Waals surface area contributed by atoms with Crippen LogP contribution in [0.5, 0.6) is 0 Å². The zero-order chi connectivity index (χ0) is 18.6. The van der Waals surface area contributed by atoms with Crippen molar-refractivity contribution in [2.75, 3.05) is 11.1 Å². The van der Waals surface area contributed by atoms with Crippen LogP contribution < -0.4 is 10.6 Å². The molecule has 1 heterocycles. The number of allylic oxidation sites excluding steroid dienone is 1. The molecule has 0 saturated heterocycles. The maximum absolute atomic E-state index is 12.9. The molecule has 0 aromatic heterocycles. The number of anilines is 1. The van der Waals surface area contributed by atoms with E-state index in [1.807, 2.05) is 12.1 Å². The normalized spacial score (nSPS) is 18.8. The van der Waals surface area contributed by atoms with Crippen molar-refractivity contribution in [1.29, 1.82) is 10.5 Å². The van der Waals surface area contributed by atoms with Crippen molar-refractivity contribution >= 4 is 29.3 Å². The molecule has 25 heavy (non-hydrogen) atoms. The smallest absolute Gasteiger partial charge is 0.243 e. The summed E-state index contributed by atoms with van der Waals surface area (Å²) in [4.78, 5) is 24.1. The highest BCUT2D eigenvalue weighted by Crippen LogP contribution is 2.41. The quantitative estimate of drug-likeness (QED) is 0.860. The number of nitrogens with one attached hydrogen (secondary N) is 2. The molecule has 0 radical (unpaired) electrons. The minimum Gasteiger partial charge on any atom is -0.325 e. The molecule has 0 saturated carbocycles. The zero-order valence-corrected chi connectivity index (χ0v) is 14.4. The Kier molecular flexibility index (Phi) is 5.45. The van der Waals surface area contributed by atoms with Crippen LogP contribution in [0.4, 0.5) is 10.1 Å². The maximum atomic E-state index is 12.9. The number of nitrogens with zero attached hydrogens (tertiary/aromatic N) is 2. The highest BCUT2D eigenvalue weighted by molar-refractivity contribution is 8.03. The highest BCUT2D eigenvalue weighted by Gasteiger charge is 2.44. The van der Waals surface area contributed by atoms with Crippen LogP contribution in [0, 0.1) is 39.8 Å². The summed E-state index contributed by atoms with van der Waals surface area (Å²) in [5, 5.41) is 24.0. The molecule has 2 amide bonds. The van der Waals surface area contributed by atoms with E-state index in [0.717, 1.165) is 11.8 Å². The summed E-state index contributed by atoms with van der Waals surface area (Å²) < 4.78 is 12.9. The van der Waals surface area contributed by atoms with Gasteiger partial charge < -0.3 is 10.6 Å². The zero-order valence-electron chi connectivity index (χ0n) is 13.6. The fourth-order valence-corrected chi connectivity index (χ4v) is 3.38. The SMILES string of the molecule is CC1(C)C(C#N)=C(SCC(=O)Nc2ccc(F)cc2)NC(=O)[C@@H]1C#N. The van der Waals surface area contributed by atoms with E-state index in [0.29, 0.717) is 5.69 Å². The molecule has 1 aliphatic rings. The van der Waals surface area contributed by atoms with Gasteiger partial charge in [-0.2, -0.15) is 10.5 Å². The summed E-state index contributed by atoms with van der Waals surface area (Å²) in [5.41, 5.74) is -0.237. The Bertz CT molecular complexity index is 819. The van der Waals surface area contributed by atoms with E-state index in [4.69, 9.17) is 5.26 Å². The Labute approximate surface area is 148 Å². The molecule has 1 aliphatic heterocycles. The Morgan fingerprint density at radius 1 is 1.36 bits per heavy atom. The van der Waals surface area contributed by atoms with Gasteiger partial charge in [0.25, 0.3) is 0 Å². The topological polar surface area (TPSA) is 106 Å². The van der Waals surface area contributed by atoms with E-state index in [2.05, 4.69) is 10.6 Å². The van der Waals surface area contributed by atoms with E-state index < -0.39 is 23.1 Å². The van der Waals surface area contributed by atoms with Crippen LogP contribution in [0.25, 0.3) is 0 Å². The van der Waals surface area contributed by atoms with Gasteiger partial charge in [0.05, 0.1) is 28.5 Å². The first-order chi connectivity index (χ1) is 11.8. The molecule has 8 heteroatoms. The number of benzene rings is 1. The van der Waals surface area contributed by atoms with Crippen molar-refractivity contribution < 1.29 is 14.0 Å². The fraction of sp³-hybridized carbons (Fsp3) is 0.294. The number of hydrogen-bond donors (Lipinski definition) is 2. The van der Waals surface area contributed by atoms with Crippen LogP contribution in [0.2, 0.25) is 0 Å². The minimum absolute atomic E-state index is 0.0501. The summed E-state index contributed by atoms with van der Waals surface area (Å²) >= 11 is 1.01. The molecule has 0 aliphatic carbocycles. The van der Waals surface area contributed by atoms with Crippen LogP contribution in [-0.4, -0.2) is 17.6 Å². The lowest BCUT2D eigenvalue weighted by Gasteiger charge is -2.34. The van der Waals surface area contributed by atoms with Gasteiger partial charge in [-0.05, 0) is 24.3 Å². The standard InChI is InChI=1S/C17H15FN4O2S/c1-17(2)12(7-19)15(24)22-16(13(17)8-20)25-9-14(23)21-11-5-3-10(18)4-6-11/h3-6,12H,9H2,1-2H3,(H,21,23)(H,22,24)/t12-/m0/s1. The molecule has 128 valence electrons. The van der Waals surface area contributed by atoms with Crippen molar-refractivity contribution in [2.24, 2.45) is 11.3 Å². The van der Waals surface area contributed by atoms with E-state index in [1.54, 1.807) is 13.8 Å². The first kappa shape index (κ1) is 18.5. The Morgan fingerprint density at radius 3 is 2.56 bits per heavy atom. The fourth-order valence-electron chi connectivity index (χ4n) is 2.40. The molecule has 2 rings (SSSR count). The number of rotatable bonds is 4. The van der Waals surface area contributed by atoms with Crippen molar-refractivity contribution in [3.63, 3.8) is 0 Å². The minimum atomic E-state index is -0.973. The van der Waals surface area contributed by atoms with Gasteiger partial charge in [-0.3, -0.25) is 9.59 Å². The summed E-state index contributed by atoms with van der Waals surface area (Å²) in [6.07, 6.45) is 0. The third-order valence-electron chi connectivity index (χ3n) is 3.81. The largest absolute Gasteiger partial charge is 0.325 e. The summed E-state index contributed by atoms with van der Waals surface area (Å²) in [6.45, 7) is 3.30. The first-order valence-electron chi connectivity index (χ1n) is 7.33. The van der Waals surface area contributed by atoms with Gasteiger partial charge in [0.2, 0.25) is 11.8 Å². The molecule has 0 fully saturated rings. The van der Waals surface area contributed by atoms with Gasteiger partial charge in [0.1, 0.15) is 11.7 Å². The molecule has 1 atom stereocenters. The molecule has 1 aromatic carbocycles. The predicted molar refractivity (Wildman–Crippen MR) is 91.2 cm³/mol. The first-order valence-corrected chi connectivity index (χ1v) is 8.31. The van der Waals surface area contributed by atoms with Crippen molar-refractivity contribution in [1.82, 2.24) is 5.32 Å². The Morgan fingerprint density at radius 2 is 2.00 bits per heavy atom. The van der Waals surface area contributed by atoms with Crippen LogP contribution in [0.3, 0.4) is 0 Å². The number of hydrogen-bond acceptors (Lipinski definition) is 5. The van der Waals surface area contributed by atoms with Crippen molar-refractivity contribution in [3.8, 4) is 12.1 Å². The monoisotopic (exact) mass is 358 g/mol. The number of carbonyl (C=O) groups excluding carboxylic acids is 2. The number of thioether (sulfide) groups is 1. The molecular formula is C17H15FN4O2S. The van der Waals surface area contributed by atoms with Gasteiger partial charge >= 0.3 is 0 Å². The summed E-state index contributed by atoms with van der Waals surface area (Å²) in [6, 6.07) is 9.26. The lowest BCUT2D eigenvalue weighted by Crippen LogP contribution is -2.44. The van der Waals surface area contributed by atoms with Crippen LogP contribution in [0.15, 0.2) is 34.9 Å². The van der Waals surface area contributed by atoms with Crippen molar-refractivity contribution in [2.45, 2.75) is 13.8 Å². The van der Waals surface area contributed by atoms with E-state index in [-0.39, 0.29) is 22.3 Å². The molecule has 2 N–H and O–H groups in total. The molecule has 6 nitrogen and oxygen atoms in total. The predicted octanol–water partition coefficient (Wildman–Crippen LogP) is 2.53. The Hall–Kier alpha value is -2.84. The second-order valence-electron chi connectivity index (χ2n) is 5.93. The number of nitriles is 2. The lowest BCUT2D eigenvalue weighted by molar-refractivity contribution is -0.125. The van der Waals surface area contributed by atoms with Gasteiger partial charge in [-0.15, -0.1) is 0 Å². The molecule has 1 aromatic rings. The van der Waals surface area contributed by atoms with Gasteiger partial charge in [0, 0.05) is 11.1 Å². The maximum Gasteiger partial charge on any atom is 0.243 e. The third kappa shape index (κ3) is 3.98.